The van der Waals surface area contributed by atoms with Crippen molar-refractivity contribution in [3.63, 3.8) is 0 Å². The first kappa shape index (κ1) is 21.1. The summed E-state index contributed by atoms with van der Waals surface area (Å²) >= 11 is 0. The maximum Gasteiger partial charge on any atom is 0.223 e. The van der Waals surface area contributed by atoms with Crippen LogP contribution in [0.2, 0.25) is 0 Å². The molecule has 1 saturated heterocycles. The van der Waals surface area contributed by atoms with E-state index in [1.54, 1.807) is 20.8 Å². The number of amides is 1. The third-order valence-corrected chi connectivity index (χ3v) is 9.47. The van der Waals surface area contributed by atoms with Crippen molar-refractivity contribution in [1.29, 1.82) is 0 Å². The minimum atomic E-state index is -3.12. The van der Waals surface area contributed by atoms with E-state index >= 15 is 0 Å². The summed E-state index contributed by atoms with van der Waals surface area (Å²) in [5.41, 5.74) is 4.94. The zero-order valence-corrected chi connectivity index (χ0v) is 18.9. The lowest BCUT2D eigenvalue weighted by Gasteiger charge is -2.34. The second kappa shape index (κ2) is 7.84. The maximum absolute atomic E-state index is 13.1. The van der Waals surface area contributed by atoms with E-state index < -0.39 is 14.6 Å². The fourth-order valence-electron chi connectivity index (χ4n) is 4.69. The highest BCUT2D eigenvalue weighted by atomic mass is 32.2. The van der Waals surface area contributed by atoms with Gasteiger partial charge in [0.1, 0.15) is 0 Å². The molecular formula is C25H31NO3S. The first-order valence-corrected chi connectivity index (χ1v) is 12.5. The largest absolute Gasteiger partial charge is 0.343 e. The lowest BCUT2D eigenvalue weighted by molar-refractivity contribution is -0.132. The zero-order chi connectivity index (χ0) is 21.5. The molecule has 0 N–H and O–H groups in total. The Kier molecular flexibility index (Phi) is 5.52. The Labute approximate surface area is 180 Å². The number of fused-ring (bicyclic) bond motifs is 3. The van der Waals surface area contributed by atoms with Crippen molar-refractivity contribution in [2.75, 3.05) is 18.8 Å². The third-order valence-electron chi connectivity index (χ3n) is 6.70. The number of rotatable bonds is 4. The molecule has 4 nitrogen and oxygen atoms in total. The molecule has 0 aromatic heterocycles. The minimum Gasteiger partial charge on any atom is -0.343 e. The molecule has 0 bridgehead atoms. The molecule has 5 heteroatoms. The Bertz CT molecular complexity index is 999. The van der Waals surface area contributed by atoms with E-state index in [9.17, 15) is 13.2 Å². The van der Waals surface area contributed by atoms with Gasteiger partial charge in [0.25, 0.3) is 0 Å². The number of piperidine rings is 1. The summed E-state index contributed by atoms with van der Waals surface area (Å²) in [6, 6.07) is 16.7. The topological polar surface area (TPSA) is 54.5 Å². The summed E-state index contributed by atoms with van der Waals surface area (Å²) in [5.74, 6) is 0.640. The van der Waals surface area contributed by atoms with Crippen molar-refractivity contribution < 1.29 is 13.2 Å². The number of carbonyl (C=O) groups excluding carboxylic acids is 1. The smallest absolute Gasteiger partial charge is 0.223 e. The molecule has 2 aromatic carbocycles. The highest BCUT2D eigenvalue weighted by Gasteiger charge is 2.35. The van der Waals surface area contributed by atoms with E-state index in [0.717, 1.165) is 12.8 Å². The molecule has 1 aliphatic carbocycles. The molecule has 2 aliphatic rings. The minimum absolute atomic E-state index is 0.101. The Hall–Kier alpha value is -2.14. The van der Waals surface area contributed by atoms with Crippen molar-refractivity contribution in [2.45, 2.75) is 50.7 Å². The van der Waals surface area contributed by atoms with Gasteiger partial charge in [-0.25, -0.2) is 8.42 Å². The average Bonchev–Trinajstić information content (AvgIpc) is 3.02. The second-order valence-electron chi connectivity index (χ2n) is 9.65. The molecule has 4 rings (SSSR count). The number of nitrogens with zero attached hydrogens (tertiary/aromatic N) is 1. The summed E-state index contributed by atoms with van der Waals surface area (Å²) in [6.45, 7) is 6.59. The van der Waals surface area contributed by atoms with Crippen LogP contribution in [-0.2, 0) is 14.6 Å². The normalized spacial score (nSPS) is 17.6. The van der Waals surface area contributed by atoms with E-state index in [1.165, 1.54) is 22.3 Å². The molecule has 0 radical (unpaired) electrons. The van der Waals surface area contributed by atoms with Gasteiger partial charge >= 0.3 is 0 Å². The maximum atomic E-state index is 13.1. The Morgan fingerprint density at radius 2 is 1.43 bits per heavy atom. The van der Waals surface area contributed by atoms with E-state index in [4.69, 9.17) is 0 Å². The van der Waals surface area contributed by atoms with E-state index in [0.29, 0.717) is 19.5 Å². The van der Waals surface area contributed by atoms with Crippen LogP contribution in [0.5, 0.6) is 0 Å². The average molecular weight is 426 g/mol. The summed E-state index contributed by atoms with van der Waals surface area (Å²) < 4.78 is 24.3. The van der Waals surface area contributed by atoms with Crippen LogP contribution < -0.4 is 0 Å². The first-order chi connectivity index (χ1) is 14.2. The van der Waals surface area contributed by atoms with Crippen LogP contribution in [0.15, 0.2) is 48.5 Å². The van der Waals surface area contributed by atoms with Gasteiger partial charge in [0.2, 0.25) is 5.91 Å². The summed E-state index contributed by atoms with van der Waals surface area (Å²) in [6.07, 6.45) is 2.00. The van der Waals surface area contributed by atoms with Gasteiger partial charge in [-0.1, -0.05) is 48.5 Å². The summed E-state index contributed by atoms with van der Waals surface area (Å²) in [7, 11) is -3.12. The molecule has 1 aliphatic heterocycles. The number of sulfone groups is 1. The second-order valence-corrected chi connectivity index (χ2v) is 12.4. The Morgan fingerprint density at radius 3 is 1.93 bits per heavy atom. The summed E-state index contributed by atoms with van der Waals surface area (Å²) in [4.78, 5) is 15.1. The molecular weight excluding hydrogens is 394 g/mol. The van der Waals surface area contributed by atoms with Crippen molar-refractivity contribution >= 4 is 15.7 Å². The Balaban J connectivity index is 1.42. The molecule has 1 heterocycles. The molecule has 0 saturated carbocycles. The zero-order valence-electron chi connectivity index (χ0n) is 18.1. The van der Waals surface area contributed by atoms with Gasteiger partial charge in [-0.2, -0.15) is 0 Å². The SMILES string of the molecule is CC(C)(C)S(=O)(=O)CC1CCN(C(=O)CC2c3ccccc3-c3ccccc32)CC1. The van der Waals surface area contributed by atoms with Crippen LogP contribution in [0, 0.1) is 5.92 Å². The molecule has 1 amide bonds. The highest BCUT2D eigenvalue weighted by Crippen LogP contribution is 2.46. The molecule has 1 fully saturated rings. The number of carbonyl (C=O) groups is 1. The fourth-order valence-corrected chi connectivity index (χ4v) is 6.15. The monoisotopic (exact) mass is 425 g/mol. The van der Waals surface area contributed by atoms with E-state index in [-0.39, 0.29) is 23.5 Å². The standard InChI is InChI=1S/C25H31NO3S/c1-25(2,3)30(28,29)17-18-12-14-26(15-13-18)24(27)16-23-21-10-6-4-8-19(21)20-9-5-7-11-22(20)23/h4-11,18,23H,12-17H2,1-3H3. The van der Waals surface area contributed by atoms with Gasteiger partial charge in [-0.3, -0.25) is 4.79 Å². The van der Waals surface area contributed by atoms with Crippen molar-refractivity contribution in [3.05, 3.63) is 59.7 Å². The fraction of sp³-hybridized carbons (Fsp3) is 0.480. The van der Waals surface area contributed by atoms with E-state index in [2.05, 4.69) is 36.4 Å². The van der Waals surface area contributed by atoms with Gasteiger partial charge in [0.15, 0.2) is 9.84 Å². The number of likely N-dealkylation sites (tertiary alicyclic amines) is 1. The van der Waals surface area contributed by atoms with Gasteiger partial charge in [0, 0.05) is 25.4 Å². The predicted octanol–water partition coefficient (Wildman–Crippen LogP) is 4.64. The van der Waals surface area contributed by atoms with Crippen molar-refractivity contribution in [3.8, 4) is 11.1 Å². The van der Waals surface area contributed by atoms with Crippen LogP contribution in [0.3, 0.4) is 0 Å². The van der Waals surface area contributed by atoms with Crippen LogP contribution in [0.1, 0.15) is 57.1 Å². The molecule has 0 unspecified atom stereocenters. The molecule has 160 valence electrons. The molecule has 30 heavy (non-hydrogen) atoms. The molecule has 0 spiro atoms. The highest BCUT2D eigenvalue weighted by molar-refractivity contribution is 7.92. The van der Waals surface area contributed by atoms with Crippen LogP contribution in [0.25, 0.3) is 11.1 Å². The van der Waals surface area contributed by atoms with Gasteiger partial charge in [0.05, 0.1) is 10.5 Å². The number of hydrogen-bond acceptors (Lipinski definition) is 3. The van der Waals surface area contributed by atoms with Crippen LogP contribution >= 0.6 is 0 Å². The van der Waals surface area contributed by atoms with Crippen LogP contribution in [0.4, 0.5) is 0 Å². The van der Waals surface area contributed by atoms with Crippen molar-refractivity contribution in [2.24, 2.45) is 5.92 Å². The van der Waals surface area contributed by atoms with Gasteiger partial charge in [-0.15, -0.1) is 0 Å². The van der Waals surface area contributed by atoms with Crippen molar-refractivity contribution in [1.82, 2.24) is 4.90 Å². The van der Waals surface area contributed by atoms with Gasteiger partial charge in [-0.05, 0) is 61.8 Å². The quantitative estimate of drug-likeness (QED) is 0.717. The van der Waals surface area contributed by atoms with E-state index in [1.807, 2.05) is 17.0 Å². The lowest BCUT2D eigenvalue weighted by atomic mass is 9.92. The Morgan fingerprint density at radius 1 is 0.933 bits per heavy atom. The number of benzene rings is 2. The predicted molar refractivity (Wildman–Crippen MR) is 121 cm³/mol. The van der Waals surface area contributed by atoms with Gasteiger partial charge < -0.3 is 4.90 Å². The molecule has 2 aromatic rings. The van der Waals surface area contributed by atoms with Crippen LogP contribution in [-0.4, -0.2) is 42.8 Å². The number of hydrogen-bond donors (Lipinski definition) is 0. The first-order valence-electron chi connectivity index (χ1n) is 10.9. The molecule has 0 atom stereocenters. The third kappa shape index (κ3) is 3.92. The lowest BCUT2D eigenvalue weighted by Crippen LogP contribution is -2.42. The summed E-state index contributed by atoms with van der Waals surface area (Å²) in [5, 5.41) is 0.